The summed E-state index contributed by atoms with van der Waals surface area (Å²) in [5.41, 5.74) is 0. The van der Waals surface area contributed by atoms with Crippen LogP contribution in [0.5, 0.6) is 0 Å². The third-order valence-electron chi connectivity index (χ3n) is 3.59. The van der Waals surface area contributed by atoms with Gasteiger partial charge in [0.05, 0.1) is 0 Å². The van der Waals surface area contributed by atoms with E-state index >= 15 is 0 Å². The lowest BCUT2D eigenvalue weighted by atomic mass is 9.94. The van der Waals surface area contributed by atoms with Crippen molar-refractivity contribution in [2.45, 2.75) is 25.3 Å². The first-order chi connectivity index (χ1) is 6.86. The number of hydrogen-bond donors (Lipinski definition) is 1. The van der Waals surface area contributed by atoms with Gasteiger partial charge in [0.15, 0.2) is 0 Å². The van der Waals surface area contributed by atoms with Gasteiger partial charge in [-0.1, -0.05) is 0 Å². The van der Waals surface area contributed by atoms with Crippen LogP contribution >= 0.6 is 11.8 Å². The average molecular weight is 214 g/mol. The minimum atomic E-state index is 0.890. The third kappa shape index (κ3) is 2.88. The first-order valence-corrected chi connectivity index (χ1v) is 7.00. The van der Waals surface area contributed by atoms with Crippen LogP contribution in [0.3, 0.4) is 0 Å². The van der Waals surface area contributed by atoms with E-state index in [1.165, 1.54) is 50.4 Å². The van der Waals surface area contributed by atoms with E-state index in [1.807, 2.05) is 0 Å². The molecule has 14 heavy (non-hydrogen) atoms. The molecule has 0 aromatic heterocycles. The molecule has 2 heterocycles. The maximum Gasteiger partial charge on any atom is 0.0273 e. The highest BCUT2D eigenvalue weighted by molar-refractivity contribution is 8.00. The smallest absolute Gasteiger partial charge is 0.0273 e. The van der Waals surface area contributed by atoms with Crippen LogP contribution in [-0.2, 0) is 0 Å². The molecule has 2 nitrogen and oxygen atoms in total. The Balaban J connectivity index is 1.60. The quantitative estimate of drug-likeness (QED) is 0.762. The van der Waals surface area contributed by atoms with Gasteiger partial charge in [0.2, 0.25) is 0 Å². The molecule has 0 spiro atoms. The largest absolute Gasteiger partial charge is 0.317 e. The van der Waals surface area contributed by atoms with Crippen molar-refractivity contribution in [1.29, 1.82) is 0 Å². The summed E-state index contributed by atoms with van der Waals surface area (Å²) in [5, 5.41) is 3.43. The van der Waals surface area contributed by atoms with E-state index in [0.717, 1.165) is 12.0 Å². The van der Waals surface area contributed by atoms with E-state index in [0.29, 0.717) is 0 Å². The van der Waals surface area contributed by atoms with Crippen LogP contribution in [0.2, 0.25) is 0 Å². The molecular weight excluding hydrogens is 192 g/mol. The second-order valence-corrected chi connectivity index (χ2v) is 5.73. The van der Waals surface area contributed by atoms with E-state index in [2.05, 4.69) is 29.0 Å². The Morgan fingerprint density at radius 3 is 2.57 bits per heavy atom. The zero-order valence-corrected chi connectivity index (χ0v) is 9.98. The Morgan fingerprint density at radius 1 is 1.29 bits per heavy atom. The topological polar surface area (TPSA) is 15.3 Å². The van der Waals surface area contributed by atoms with Gasteiger partial charge in [-0.15, -0.1) is 0 Å². The Hall–Kier alpha value is 0.270. The van der Waals surface area contributed by atoms with Crippen LogP contribution < -0.4 is 5.32 Å². The molecule has 0 bridgehead atoms. The lowest BCUT2D eigenvalue weighted by molar-refractivity contribution is 0.234. The lowest BCUT2D eigenvalue weighted by Crippen LogP contribution is -2.43. The standard InChI is InChI=1S/C11H22N2S/c1-13(11-8-14-9-11)7-4-10-2-5-12-6-3-10/h10-12H,2-9H2,1H3. The molecular formula is C11H22N2S. The van der Waals surface area contributed by atoms with Gasteiger partial charge in [0.1, 0.15) is 0 Å². The number of nitrogens with one attached hydrogen (secondary N) is 1. The molecule has 0 radical (unpaired) electrons. The fourth-order valence-corrected chi connectivity index (χ4v) is 3.17. The molecule has 0 saturated carbocycles. The molecule has 0 aliphatic carbocycles. The van der Waals surface area contributed by atoms with Gasteiger partial charge < -0.3 is 10.2 Å². The second kappa shape index (κ2) is 5.38. The number of thioether (sulfide) groups is 1. The number of piperidine rings is 1. The average Bonchev–Trinajstić information content (AvgIpc) is 2.14. The predicted molar refractivity (Wildman–Crippen MR) is 64.0 cm³/mol. The summed E-state index contributed by atoms with van der Waals surface area (Å²) in [6.07, 6.45) is 4.21. The van der Waals surface area contributed by atoms with Crippen LogP contribution in [0.1, 0.15) is 19.3 Å². The summed E-state index contributed by atoms with van der Waals surface area (Å²) in [7, 11) is 2.30. The van der Waals surface area contributed by atoms with Crippen LogP contribution in [0, 0.1) is 5.92 Å². The Morgan fingerprint density at radius 2 is 2.00 bits per heavy atom. The fourth-order valence-electron chi connectivity index (χ4n) is 2.22. The first kappa shape index (κ1) is 10.8. The van der Waals surface area contributed by atoms with Crippen molar-refractivity contribution < 1.29 is 0 Å². The van der Waals surface area contributed by atoms with Gasteiger partial charge in [0, 0.05) is 17.5 Å². The van der Waals surface area contributed by atoms with Crippen molar-refractivity contribution in [1.82, 2.24) is 10.2 Å². The number of nitrogens with zero attached hydrogens (tertiary/aromatic N) is 1. The molecule has 82 valence electrons. The van der Waals surface area contributed by atoms with E-state index in [4.69, 9.17) is 0 Å². The van der Waals surface area contributed by atoms with Crippen molar-refractivity contribution in [3.8, 4) is 0 Å². The molecule has 0 unspecified atom stereocenters. The molecule has 2 saturated heterocycles. The lowest BCUT2D eigenvalue weighted by Gasteiger charge is -2.35. The number of rotatable bonds is 4. The Labute approximate surface area is 91.8 Å². The van der Waals surface area contributed by atoms with E-state index in [9.17, 15) is 0 Å². The minimum absolute atomic E-state index is 0.890. The molecule has 2 aliphatic rings. The highest BCUT2D eigenvalue weighted by Crippen LogP contribution is 2.23. The Kier molecular flexibility index (Phi) is 4.14. The molecule has 0 aromatic carbocycles. The van der Waals surface area contributed by atoms with E-state index < -0.39 is 0 Å². The van der Waals surface area contributed by atoms with Crippen molar-refractivity contribution in [3.63, 3.8) is 0 Å². The number of hydrogen-bond acceptors (Lipinski definition) is 3. The van der Waals surface area contributed by atoms with Crippen molar-refractivity contribution in [2.75, 3.05) is 38.2 Å². The van der Waals surface area contributed by atoms with E-state index in [1.54, 1.807) is 0 Å². The van der Waals surface area contributed by atoms with E-state index in [-0.39, 0.29) is 0 Å². The molecule has 2 aliphatic heterocycles. The van der Waals surface area contributed by atoms with Gasteiger partial charge in [-0.05, 0) is 51.9 Å². The summed E-state index contributed by atoms with van der Waals surface area (Å²) in [6.45, 7) is 3.80. The summed E-state index contributed by atoms with van der Waals surface area (Å²) in [5.74, 6) is 3.72. The summed E-state index contributed by atoms with van der Waals surface area (Å²) in [4.78, 5) is 2.57. The minimum Gasteiger partial charge on any atom is -0.317 e. The molecule has 3 heteroatoms. The van der Waals surface area contributed by atoms with Gasteiger partial charge in [0.25, 0.3) is 0 Å². The highest BCUT2D eigenvalue weighted by atomic mass is 32.2. The van der Waals surface area contributed by atoms with Gasteiger partial charge in [-0.3, -0.25) is 0 Å². The van der Waals surface area contributed by atoms with Crippen LogP contribution in [-0.4, -0.2) is 49.1 Å². The van der Waals surface area contributed by atoms with Crippen molar-refractivity contribution in [2.24, 2.45) is 5.92 Å². The normalized spacial score (nSPS) is 25.3. The zero-order chi connectivity index (χ0) is 9.80. The first-order valence-electron chi connectivity index (χ1n) is 5.85. The maximum absolute atomic E-state index is 3.43. The highest BCUT2D eigenvalue weighted by Gasteiger charge is 2.23. The monoisotopic (exact) mass is 214 g/mol. The Bertz CT molecular complexity index is 163. The van der Waals surface area contributed by atoms with Crippen molar-refractivity contribution in [3.05, 3.63) is 0 Å². The van der Waals surface area contributed by atoms with Gasteiger partial charge in [-0.25, -0.2) is 0 Å². The molecule has 0 aromatic rings. The fraction of sp³-hybridized carbons (Fsp3) is 1.00. The zero-order valence-electron chi connectivity index (χ0n) is 9.17. The third-order valence-corrected chi connectivity index (χ3v) is 4.83. The molecule has 1 N–H and O–H groups in total. The molecule has 2 rings (SSSR count). The van der Waals surface area contributed by atoms with Gasteiger partial charge in [-0.2, -0.15) is 11.8 Å². The summed E-state index contributed by atoms with van der Waals surface area (Å²) < 4.78 is 0. The SMILES string of the molecule is CN(CCC1CCNCC1)C1CSC1. The van der Waals surface area contributed by atoms with Crippen molar-refractivity contribution >= 4 is 11.8 Å². The predicted octanol–water partition coefficient (Wildman–Crippen LogP) is 1.42. The molecule has 0 amide bonds. The maximum atomic E-state index is 3.43. The molecule has 2 fully saturated rings. The van der Waals surface area contributed by atoms with Crippen LogP contribution in [0.15, 0.2) is 0 Å². The van der Waals surface area contributed by atoms with Crippen LogP contribution in [0.4, 0.5) is 0 Å². The van der Waals surface area contributed by atoms with Crippen LogP contribution in [0.25, 0.3) is 0 Å². The molecule has 0 atom stereocenters. The van der Waals surface area contributed by atoms with Gasteiger partial charge >= 0.3 is 0 Å². The summed E-state index contributed by atoms with van der Waals surface area (Å²) in [6, 6.07) is 0.890. The summed E-state index contributed by atoms with van der Waals surface area (Å²) >= 11 is 2.08. The second-order valence-electron chi connectivity index (χ2n) is 4.65.